The Morgan fingerprint density at radius 2 is 1.68 bits per heavy atom. The van der Waals surface area contributed by atoms with Gasteiger partial charge in [0.1, 0.15) is 11.6 Å². The van der Waals surface area contributed by atoms with Crippen LogP contribution in [0.15, 0.2) is 73.2 Å². The molecule has 0 spiro atoms. The van der Waals surface area contributed by atoms with Gasteiger partial charge in [0, 0.05) is 52.0 Å². The number of aromatic amines is 2. The van der Waals surface area contributed by atoms with Crippen molar-refractivity contribution in [3.8, 4) is 22.5 Å². The van der Waals surface area contributed by atoms with Crippen LogP contribution < -0.4 is 0 Å². The van der Waals surface area contributed by atoms with E-state index in [0.717, 1.165) is 78.7 Å². The summed E-state index contributed by atoms with van der Waals surface area (Å²) in [7, 11) is 0. The molecule has 37 heavy (non-hydrogen) atoms. The third kappa shape index (κ3) is 3.48. The molecule has 3 aromatic carbocycles. The number of pyridine rings is 2. The number of hydrogen-bond acceptors (Lipinski definition) is 4. The zero-order chi connectivity index (χ0) is 25.1. The van der Waals surface area contributed by atoms with Crippen molar-refractivity contribution >= 4 is 43.5 Å². The number of H-pyrrole nitrogens is 2. The molecular weight excluding hydrogens is 456 g/mol. The monoisotopic (exact) mass is 482 g/mol. The molecule has 2 N–H and O–H groups in total. The van der Waals surface area contributed by atoms with Gasteiger partial charge < -0.3 is 9.97 Å². The fourth-order valence-electron chi connectivity index (χ4n) is 5.17. The molecule has 4 aromatic heterocycles. The van der Waals surface area contributed by atoms with Gasteiger partial charge in [-0.15, -0.1) is 0 Å². The molecule has 0 saturated carbocycles. The second kappa shape index (κ2) is 8.23. The van der Waals surface area contributed by atoms with Gasteiger partial charge in [-0.3, -0.25) is 4.98 Å². The summed E-state index contributed by atoms with van der Waals surface area (Å²) >= 11 is 0. The maximum absolute atomic E-state index is 5.02. The van der Waals surface area contributed by atoms with Crippen LogP contribution in [0.3, 0.4) is 0 Å². The van der Waals surface area contributed by atoms with Crippen LogP contribution in [0.1, 0.15) is 38.3 Å². The summed E-state index contributed by atoms with van der Waals surface area (Å²) in [6.45, 7) is 6.40. The average Bonchev–Trinajstić information content (AvgIpc) is 3.61. The van der Waals surface area contributed by atoms with Crippen LogP contribution in [0.2, 0.25) is 0 Å². The Balaban J connectivity index is 1.35. The molecule has 0 amide bonds. The molecular formula is C31H26N6. The van der Waals surface area contributed by atoms with Crippen molar-refractivity contribution in [2.45, 2.75) is 33.1 Å². The zero-order valence-electron chi connectivity index (χ0n) is 21.0. The number of nitrogens with zero attached hydrogens (tertiary/aromatic N) is 4. The topological polar surface area (TPSA) is 83.1 Å². The van der Waals surface area contributed by atoms with E-state index in [1.807, 2.05) is 18.6 Å². The molecule has 0 saturated heterocycles. The van der Waals surface area contributed by atoms with Crippen molar-refractivity contribution in [1.82, 2.24) is 29.9 Å². The van der Waals surface area contributed by atoms with Gasteiger partial charge in [-0.05, 0) is 41.1 Å². The Bertz CT molecular complexity index is 1960. The summed E-state index contributed by atoms with van der Waals surface area (Å²) in [5.74, 6) is 2.36. The van der Waals surface area contributed by atoms with Crippen molar-refractivity contribution < 1.29 is 0 Å². The standard InChI is InChI=1S/C31H26N6/c1-4-28-36-29-22-8-5-20(14-23(22)21-11-12-32-15-24(21)30(29)37-28)26-9-6-18-13-19(7-10-25(18)34-26)27-16-33-31(35-27)17(2)3/h5-17H,4H2,1-3H3,(H,33,35)(H,36,37). The van der Waals surface area contributed by atoms with Crippen LogP contribution >= 0.6 is 0 Å². The number of aromatic nitrogens is 6. The lowest BCUT2D eigenvalue weighted by molar-refractivity contribution is 0.795. The van der Waals surface area contributed by atoms with Crippen molar-refractivity contribution in [3.63, 3.8) is 0 Å². The SMILES string of the molecule is CCc1nc2c3cnccc3c3cc(-c4ccc5cc(-c6cnc(C(C)C)[nH]6)ccc5n4)ccc3c2[nH]1. The van der Waals surface area contributed by atoms with E-state index in [1.54, 1.807) is 0 Å². The van der Waals surface area contributed by atoms with E-state index in [0.29, 0.717) is 5.92 Å². The number of aryl methyl sites for hydroxylation is 1. The molecule has 0 aliphatic carbocycles. The van der Waals surface area contributed by atoms with Gasteiger partial charge in [0.15, 0.2) is 0 Å². The molecule has 180 valence electrons. The Morgan fingerprint density at radius 1 is 0.784 bits per heavy atom. The van der Waals surface area contributed by atoms with Gasteiger partial charge in [0.2, 0.25) is 0 Å². The Morgan fingerprint density at radius 3 is 2.51 bits per heavy atom. The van der Waals surface area contributed by atoms with Crippen LogP contribution in [0, 0.1) is 0 Å². The summed E-state index contributed by atoms with van der Waals surface area (Å²) in [4.78, 5) is 25.7. The number of benzene rings is 3. The van der Waals surface area contributed by atoms with Crippen molar-refractivity contribution in [1.29, 1.82) is 0 Å². The van der Waals surface area contributed by atoms with E-state index in [1.165, 1.54) is 5.39 Å². The van der Waals surface area contributed by atoms with Crippen LogP contribution in [0.25, 0.3) is 66.0 Å². The second-order valence-electron chi connectivity index (χ2n) is 9.88. The summed E-state index contributed by atoms with van der Waals surface area (Å²) < 4.78 is 0. The van der Waals surface area contributed by atoms with Crippen LogP contribution in [0.5, 0.6) is 0 Å². The molecule has 0 fully saturated rings. The highest BCUT2D eigenvalue weighted by Gasteiger charge is 2.14. The second-order valence-corrected chi connectivity index (χ2v) is 9.88. The Hall–Kier alpha value is -4.58. The fourth-order valence-corrected chi connectivity index (χ4v) is 5.17. The first-order valence-corrected chi connectivity index (χ1v) is 12.7. The molecule has 0 aliphatic rings. The molecule has 6 nitrogen and oxygen atoms in total. The van der Waals surface area contributed by atoms with E-state index in [9.17, 15) is 0 Å². The minimum atomic E-state index is 0.367. The summed E-state index contributed by atoms with van der Waals surface area (Å²) in [6.07, 6.45) is 6.54. The van der Waals surface area contributed by atoms with Crippen molar-refractivity contribution in [2.24, 2.45) is 0 Å². The van der Waals surface area contributed by atoms with Gasteiger partial charge in [-0.2, -0.15) is 0 Å². The minimum absolute atomic E-state index is 0.367. The Kier molecular flexibility index (Phi) is 4.83. The van der Waals surface area contributed by atoms with Gasteiger partial charge >= 0.3 is 0 Å². The van der Waals surface area contributed by atoms with Crippen molar-refractivity contribution in [2.75, 3.05) is 0 Å². The molecule has 0 atom stereocenters. The first kappa shape index (κ1) is 21.7. The number of nitrogens with one attached hydrogen (secondary N) is 2. The predicted octanol–water partition coefficient (Wildman–Crippen LogP) is 7.56. The molecule has 0 aliphatic heterocycles. The smallest absolute Gasteiger partial charge is 0.109 e. The maximum Gasteiger partial charge on any atom is 0.109 e. The molecule has 7 rings (SSSR count). The summed E-state index contributed by atoms with van der Waals surface area (Å²) in [6, 6.07) is 19.3. The number of imidazole rings is 2. The molecule has 4 heterocycles. The number of rotatable bonds is 4. The van der Waals surface area contributed by atoms with Crippen LogP contribution in [-0.4, -0.2) is 29.9 Å². The zero-order valence-corrected chi connectivity index (χ0v) is 21.0. The maximum atomic E-state index is 5.02. The summed E-state index contributed by atoms with van der Waals surface area (Å²) in [5.41, 5.74) is 7.20. The number of hydrogen-bond donors (Lipinski definition) is 2. The van der Waals surface area contributed by atoms with E-state index in [-0.39, 0.29) is 0 Å². The quantitative estimate of drug-likeness (QED) is 0.254. The lowest BCUT2D eigenvalue weighted by Gasteiger charge is -2.09. The van der Waals surface area contributed by atoms with Gasteiger partial charge in [0.05, 0.1) is 34.1 Å². The highest BCUT2D eigenvalue weighted by atomic mass is 14.9. The van der Waals surface area contributed by atoms with Gasteiger partial charge in [0.25, 0.3) is 0 Å². The Labute approximate surface area is 213 Å². The molecule has 0 radical (unpaired) electrons. The third-order valence-corrected chi connectivity index (χ3v) is 7.18. The van der Waals surface area contributed by atoms with E-state index >= 15 is 0 Å². The van der Waals surface area contributed by atoms with E-state index < -0.39 is 0 Å². The molecule has 6 heteroatoms. The first-order valence-electron chi connectivity index (χ1n) is 12.7. The first-order chi connectivity index (χ1) is 18.1. The lowest BCUT2D eigenvalue weighted by atomic mass is 9.98. The highest BCUT2D eigenvalue weighted by molar-refractivity contribution is 6.23. The molecule has 0 unspecified atom stereocenters. The minimum Gasteiger partial charge on any atom is -0.342 e. The summed E-state index contributed by atoms with van der Waals surface area (Å²) in [5, 5.41) is 5.66. The third-order valence-electron chi connectivity index (χ3n) is 7.18. The average molecular weight is 483 g/mol. The van der Waals surface area contributed by atoms with Crippen molar-refractivity contribution in [3.05, 3.63) is 84.8 Å². The number of fused-ring (bicyclic) bond motifs is 7. The van der Waals surface area contributed by atoms with E-state index in [2.05, 4.69) is 95.3 Å². The largest absolute Gasteiger partial charge is 0.342 e. The predicted molar refractivity (Wildman–Crippen MR) is 151 cm³/mol. The molecule has 7 aromatic rings. The van der Waals surface area contributed by atoms with Crippen LogP contribution in [-0.2, 0) is 6.42 Å². The van der Waals surface area contributed by atoms with Gasteiger partial charge in [-0.1, -0.05) is 45.0 Å². The lowest BCUT2D eigenvalue weighted by Crippen LogP contribution is -1.90. The van der Waals surface area contributed by atoms with Crippen LogP contribution in [0.4, 0.5) is 0 Å². The fraction of sp³-hybridized carbons (Fsp3) is 0.161. The molecule has 0 bridgehead atoms. The van der Waals surface area contributed by atoms with E-state index in [4.69, 9.17) is 9.97 Å². The normalized spacial score (nSPS) is 12.0. The van der Waals surface area contributed by atoms with Gasteiger partial charge in [-0.25, -0.2) is 15.0 Å². The highest BCUT2D eigenvalue weighted by Crippen LogP contribution is 2.36.